The van der Waals surface area contributed by atoms with E-state index < -0.39 is 12.1 Å². The number of rotatable bonds is 10. The van der Waals surface area contributed by atoms with Crippen molar-refractivity contribution in [2.75, 3.05) is 16.8 Å². The second kappa shape index (κ2) is 10.2. The highest BCUT2D eigenvalue weighted by Gasteiger charge is 2.24. The van der Waals surface area contributed by atoms with Gasteiger partial charge in [-0.3, -0.25) is 0 Å². The fraction of sp³-hybridized carbons (Fsp3) is 0.591. The fourth-order valence-electron chi connectivity index (χ4n) is 3.77. The third-order valence-electron chi connectivity index (χ3n) is 5.03. The predicted octanol–water partition coefficient (Wildman–Crippen LogP) is 5.42. The number of benzene rings is 1. The lowest BCUT2D eigenvalue weighted by Gasteiger charge is -2.37. The van der Waals surface area contributed by atoms with Gasteiger partial charge in [0.05, 0.1) is 11.4 Å². The summed E-state index contributed by atoms with van der Waals surface area (Å²) in [6, 6.07) is 6.40. The van der Waals surface area contributed by atoms with E-state index in [1.165, 1.54) is 32.1 Å². The van der Waals surface area contributed by atoms with E-state index in [4.69, 9.17) is 4.74 Å². The van der Waals surface area contributed by atoms with Gasteiger partial charge in [0.2, 0.25) is 0 Å². The summed E-state index contributed by atoms with van der Waals surface area (Å²) >= 11 is 0. The van der Waals surface area contributed by atoms with Crippen LogP contribution in [0.1, 0.15) is 65.7 Å². The van der Waals surface area contributed by atoms with Gasteiger partial charge >= 0.3 is 5.97 Å². The summed E-state index contributed by atoms with van der Waals surface area (Å²) in [5.41, 5.74) is 2.92. The Labute approximate surface area is 163 Å². The maximum atomic E-state index is 11.3. The van der Waals surface area contributed by atoms with Crippen LogP contribution in [-0.2, 0) is 4.79 Å². The number of carboxylic acids is 1. The van der Waals surface area contributed by atoms with Gasteiger partial charge in [-0.05, 0) is 44.7 Å². The molecule has 0 aromatic heterocycles. The number of carbonyl (C=O) groups is 1. The number of nitrogens with one attached hydrogen (secondary N) is 1. The second-order valence-corrected chi connectivity index (χ2v) is 7.42. The first-order chi connectivity index (χ1) is 13.0. The molecule has 1 unspecified atom stereocenters. The van der Waals surface area contributed by atoms with Crippen LogP contribution in [0.5, 0.6) is 5.75 Å². The van der Waals surface area contributed by atoms with Gasteiger partial charge in [-0.15, -0.1) is 0 Å². The molecular weight excluding hydrogens is 340 g/mol. The Morgan fingerprint density at radius 2 is 2.04 bits per heavy atom. The van der Waals surface area contributed by atoms with E-state index in [2.05, 4.69) is 29.8 Å². The van der Waals surface area contributed by atoms with Gasteiger partial charge < -0.3 is 20.1 Å². The van der Waals surface area contributed by atoms with Crippen molar-refractivity contribution in [3.8, 4) is 5.75 Å². The Morgan fingerprint density at radius 1 is 1.33 bits per heavy atom. The van der Waals surface area contributed by atoms with E-state index in [0.29, 0.717) is 18.2 Å². The average Bonchev–Trinajstić information content (AvgIpc) is 2.65. The van der Waals surface area contributed by atoms with E-state index in [9.17, 15) is 9.90 Å². The fourth-order valence-corrected chi connectivity index (χ4v) is 3.77. The standard InChI is InChI=1S/C22H34N2O3/c1-5-14-24(17-10-8-7-9-11-17)20-13-12-18(15-19(20)23-16(3)4)27-21(6-2)22(25)26/h12-13,15,17,21,23H,3,5-11,14H2,1-2,4H3,(H,25,26). The molecule has 1 aliphatic carbocycles. The first kappa shape index (κ1) is 21.1. The number of allylic oxidation sites excluding steroid dienone is 1. The summed E-state index contributed by atoms with van der Waals surface area (Å²) in [5.74, 6) is -0.373. The topological polar surface area (TPSA) is 61.8 Å². The number of hydrogen-bond acceptors (Lipinski definition) is 4. The highest BCUT2D eigenvalue weighted by Crippen LogP contribution is 2.36. The van der Waals surface area contributed by atoms with E-state index >= 15 is 0 Å². The zero-order valence-corrected chi connectivity index (χ0v) is 17.0. The molecule has 2 rings (SSSR count). The molecule has 0 heterocycles. The molecule has 0 aliphatic heterocycles. The Morgan fingerprint density at radius 3 is 2.59 bits per heavy atom. The van der Waals surface area contributed by atoms with Crippen LogP contribution in [0.4, 0.5) is 11.4 Å². The normalized spacial score (nSPS) is 15.8. The molecule has 27 heavy (non-hydrogen) atoms. The zero-order chi connectivity index (χ0) is 19.8. The Hall–Kier alpha value is -2.17. The maximum absolute atomic E-state index is 11.3. The van der Waals surface area contributed by atoms with Gasteiger partial charge in [0, 0.05) is 24.4 Å². The van der Waals surface area contributed by atoms with Gasteiger partial charge in [0.15, 0.2) is 6.10 Å². The lowest BCUT2D eigenvalue weighted by atomic mass is 9.93. The van der Waals surface area contributed by atoms with Crippen LogP contribution in [0.2, 0.25) is 0 Å². The summed E-state index contributed by atoms with van der Waals surface area (Å²) in [6.45, 7) is 10.9. The molecule has 5 nitrogen and oxygen atoms in total. The van der Waals surface area contributed by atoms with Crippen molar-refractivity contribution in [3.05, 3.63) is 30.5 Å². The molecule has 0 spiro atoms. The quantitative estimate of drug-likeness (QED) is 0.572. The minimum atomic E-state index is -0.939. The highest BCUT2D eigenvalue weighted by molar-refractivity contribution is 5.75. The van der Waals surface area contributed by atoms with Gasteiger partial charge in [0.25, 0.3) is 0 Å². The van der Waals surface area contributed by atoms with Crippen LogP contribution in [0.15, 0.2) is 30.5 Å². The molecule has 5 heteroatoms. The first-order valence-corrected chi connectivity index (χ1v) is 10.2. The van der Waals surface area contributed by atoms with Crippen LogP contribution in [0.3, 0.4) is 0 Å². The zero-order valence-electron chi connectivity index (χ0n) is 17.0. The Bertz CT molecular complexity index is 638. The Kier molecular flexibility index (Phi) is 8.01. The lowest BCUT2D eigenvalue weighted by Crippen LogP contribution is -2.37. The SMILES string of the molecule is C=C(C)Nc1cc(OC(CC)C(=O)O)ccc1N(CCC)C1CCCCC1. The lowest BCUT2D eigenvalue weighted by molar-refractivity contribution is -0.145. The molecular formula is C22H34N2O3. The van der Waals surface area contributed by atoms with Crippen molar-refractivity contribution >= 4 is 17.3 Å². The van der Waals surface area contributed by atoms with Crippen LogP contribution in [0.25, 0.3) is 0 Å². The van der Waals surface area contributed by atoms with Gasteiger partial charge in [-0.1, -0.05) is 39.7 Å². The van der Waals surface area contributed by atoms with Crippen molar-refractivity contribution in [1.82, 2.24) is 0 Å². The van der Waals surface area contributed by atoms with Gasteiger partial charge in [0.1, 0.15) is 5.75 Å². The van der Waals surface area contributed by atoms with E-state index in [-0.39, 0.29) is 0 Å². The summed E-state index contributed by atoms with van der Waals surface area (Å²) in [5, 5.41) is 12.6. The summed E-state index contributed by atoms with van der Waals surface area (Å²) in [4.78, 5) is 13.8. The molecule has 1 aromatic rings. The monoisotopic (exact) mass is 374 g/mol. The molecule has 1 saturated carbocycles. The minimum absolute atomic E-state index is 0.421. The molecule has 0 amide bonds. The van der Waals surface area contributed by atoms with Crippen LogP contribution >= 0.6 is 0 Å². The average molecular weight is 375 g/mol. The van der Waals surface area contributed by atoms with E-state index in [0.717, 1.165) is 30.0 Å². The van der Waals surface area contributed by atoms with E-state index in [1.807, 2.05) is 26.0 Å². The first-order valence-electron chi connectivity index (χ1n) is 10.2. The molecule has 150 valence electrons. The molecule has 0 saturated heterocycles. The molecule has 1 aliphatic rings. The second-order valence-electron chi connectivity index (χ2n) is 7.42. The number of hydrogen-bond donors (Lipinski definition) is 2. The molecule has 0 radical (unpaired) electrons. The van der Waals surface area contributed by atoms with Crippen molar-refractivity contribution < 1.29 is 14.6 Å². The van der Waals surface area contributed by atoms with Crippen molar-refractivity contribution in [1.29, 1.82) is 0 Å². The third-order valence-corrected chi connectivity index (χ3v) is 5.03. The number of carboxylic acid groups (broad SMARTS) is 1. The predicted molar refractivity (Wildman–Crippen MR) is 112 cm³/mol. The van der Waals surface area contributed by atoms with Crippen molar-refractivity contribution in [2.45, 2.75) is 77.9 Å². The van der Waals surface area contributed by atoms with Crippen LogP contribution in [-0.4, -0.2) is 29.8 Å². The van der Waals surface area contributed by atoms with Crippen LogP contribution in [0, 0.1) is 0 Å². The van der Waals surface area contributed by atoms with Crippen LogP contribution < -0.4 is 15.0 Å². The molecule has 1 aromatic carbocycles. The van der Waals surface area contributed by atoms with E-state index in [1.54, 1.807) is 0 Å². The number of nitrogens with zero attached hydrogens (tertiary/aromatic N) is 1. The minimum Gasteiger partial charge on any atom is -0.479 e. The molecule has 1 atom stereocenters. The number of aliphatic carboxylic acids is 1. The third kappa shape index (κ3) is 5.91. The summed E-state index contributed by atoms with van der Waals surface area (Å²) in [7, 11) is 0. The Balaban J connectivity index is 2.34. The molecule has 0 bridgehead atoms. The van der Waals surface area contributed by atoms with Crippen molar-refractivity contribution in [2.24, 2.45) is 0 Å². The van der Waals surface area contributed by atoms with Crippen molar-refractivity contribution in [3.63, 3.8) is 0 Å². The van der Waals surface area contributed by atoms with Gasteiger partial charge in [-0.25, -0.2) is 4.79 Å². The molecule has 2 N–H and O–H groups in total. The smallest absolute Gasteiger partial charge is 0.344 e. The van der Waals surface area contributed by atoms with Gasteiger partial charge in [-0.2, -0.15) is 0 Å². The summed E-state index contributed by atoms with van der Waals surface area (Å²) < 4.78 is 5.70. The number of anilines is 2. The highest BCUT2D eigenvalue weighted by atomic mass is 16.5. The summed E-state index contributed by atoms with van der Waals surface area (Å²) in [6.07, 6.45) is 7.01. The molecule has 1 fully saturated rings. The maximum Gasteiger partial charge on any atom is 0.344 e. The number of ether oxygens (including phenoxy) is 1. The largest absolute Gasteiger partial charge is 0.479 e.